The van der Waals surface area contributed by atoms with Crippen LogP contribution >= 0.6 is 0 Å². The molecule has 0 atom stereocenters. The number of aryl methyl sites for hydroxylation is 1. The van der Waals surface area contributed by atoms with E-state index >= 15 is 0 Å². The van der Waals surface area contributed by atoms with Gasteiger partial charge in [0.15, 0.2) is 0 Å². The molecule has 0 radical (unpaired) electrons. The zero-order valence-corrected chi connectivity index (χ0v) is 11.1. The van der Waals surface area contributed by atoms with Gasteiger partial charge < -0.3 is 5.32 Å². The minimum atomic E-state index is -4.40. The molecule has 21 heavy (non-hydrogen) atoms. The Hall–Kier alpha value is -2.44. The number of nitrogens with one attached hydrogen (secondary N) is 1. The molecular formula is C14H12F3N3O. The van der Waals surface area contributed by atoms with Gasteiger partial charge in [0, 0.05) is 12.7 Å². The van der Waals surface area contributed by atoms with Crippen molar-refractivity contribution in [2.75, 3.05) is 0 Å². The SMILES string of the molecule is Cc1cncc(C(=O)NCc2cccc(C(F)(F)F)c2)n1. The monoisotopic (exact) mass is 295 g/mol. The Bertz CT molecular complexity index is 656. The number of hydrogen-bond acceptors (Lipinski definition) is 3. The molecule has 0 aliphatic rings. The first-order valence-corrected chi connectivity index (χ1v) is 6.09. The number of amides is 1. The number of benzene rings is 1. The molecule has 1 amide bonds. The fraction of sp³-hybridized carbons (Fsp3) is 0.214. The molecule has 1 heterocycles. The normalized spacial score (nSPS) is 11.2. The van der Waals surface area contributed by atoms with Crippen LogP contribution in [0.15, 0.2) is 36.7 Å². The average molecular weight is 295 g/mol. The molecule has 1 aromatic carbocycles. The number of alkyl halides is 3. The number of nitrogens with zero attached hydrogens (tertiary/aromatic N) is 2. The summed E-state index contributed by atoms with van der Waals surface area (Å²) in [4.78, 5) is 19.6. The Morgan fingerprint density at radius 1 is 1.29 bits per heavy atom. The van der Waals surface area contributed by atoms with E-state index in [4.69, 9.17) is 0 Å². The van der Waals surface area contributed by atoms with Crippen LogP contribution in [-0.4, -0.2) is 15.9 Å². The second kappa shape index (κ2) is 5.90. The maximum absolute atomic E-state index is 12.6. The van der Waals surface area contributed by atoms with Crippen molar-refractivity contribution in [3.8, 4) is 0 Å². The van der Waals surface area contributed by atoms with Crippen LogP contribution in [0.3, 0.4) is 0 Å². The molecule has 2 aromatic rings. The lowest BCUT2D eigenvalue weighted by atomic mass is 10.1. The summed E-state index contributed by atoms with van der Waals surface area (Å²) in [5.41, 5.74) is 0.326. The summed E-state index contributed by atoms with van der Waals surface area (Å²) in [6.45, 7) is 1.68. The lowest BCUT2D eigenvalue weighted by Gasteiger charge is -2.09. The van der Waals surface area contributed by atoms with E-state index < -0.39 is 17.6 Å². The van der Waals surface area contributed by atoms with Crippen molar-refractivity contribution in [2.45, 2.75) is 19.6 Å². The van der Waals surface area contributed by atoms with Crippen molar-refractivity contribution in [3.05, 3.63) is 59.2 Å². The number of aromatic nitrogens is 2. The van der Waals surface area contributed by atoms with Gasteiger partial charge in [-0.05, 0) is 24.6 Å². The Kier molecular flexibility index (Phi) is 4.21. The average Bonchev–Trinajstić information content (AvgIpc) is 2.44. The van der Waals surface area contributed by atoms with Crippen LogP contribution in [-0.2, 0) is 12.7 Å². The van der Waals surface area contributed by atoms with Crippen molar-refractivity contribution in [2.24, 2.45) is 0 Å². The van der Waals surface area contributed by atoms with Gasteiger partial charge in [0.05, 0.1) is 17.5 Å². The Labute approximate surface area is 119 Å². The van der Waals surface area contributed by atoms with Gasteiger partial charge in [-0.2, -0.15) is 13.2 Å². The predicted octanol–water partition coefficient (Wildman–Crippen LogP) is 2.73. The third kappa shape index (κ3) is 4.01. The van der Waals surface area contributed by atoms with Crippen molar-refractivity contribution < 1.29 is 18.0 Å². The predicted molar refractivity (Wildman–Crippen MR) is 69.4 cm³/mol. The van der Waals surface area contributed by atoms with E-state index in [-0.39, 0.29) is 12.2 Å². The van der Waals surface area contributed by atoms with E-state index in [9.17, 15) is 18.0 Å². The van der Waals surface area contributed by atoms with Gasteiger partial charge in [0.25, 0.3) is 5.91 Å². The molecule has 1 aromatic heterocycles. The molecule has 0 fully saturated rings. The first-order chi connectivity index (χ1) is 9.86. The molecular weight excluding hydrogens is 283 g/mol. The van der Waals surface area contributed by atoms with Crippen LogP contribution < -0.4 is 5.32 Å². The van der Waals surface area contributed by atoms with E-state index in [1.807, 2.05) is 0 Å². The summed E-state index contributed by atoms with van der Waals surface area (Å²) in [5.74, 6) is -0.483. The Morgan fingerprint density at radius 3 is 2.71 bits per heavy atom. The van der Waals surface area contributed by atoms with Gasteiger partial charge in [-0.3, -0.25) is 9.78 Å². The molecule has 0 bridgehead atoms. The van der Waals surface area contributed by atoms with Gasteiger partial charge in [0.1, 0.15) is 5.69 Å². The van der Waals surface area contributed by atoms with E-state index in [0.717, 1.165) is 12.1 Å². The molecule has 0 spiro atoms. The van der Waals surface area contributed by atoms with Crippen molar-refractivity contribution in [3.63, 3.8) is 0 Å². The van der Waals surface area contributed by atoms with E-state index in [0.29, 0.717) is 11.3 Å². The fourth-order valence-electron chi connectivity index (χ4n) is 1.70. The molecule has 0 saturated carbocycles. The largest absolute Gasteiger partial charge is 0.416 e. The smallest absolute Gasteiger partial charge is 0.347 e. The molecule has 7 heteroatoms. The lowest BCUT2D eigenvalue weighted by molar-refractivity contribution is -0.137. The third-order valence-electron chi connectivity index (χ3n) is 2.70. The number of rotatable bonds is 3. The quantitative estimate of drug-likeness (QED) is 0.947. The number of halogens is 3. The summed E-state index contributed by atoms with van der Waals surface area (Å²) >= 11 is 0. The molecule has 1 N–H and O–H groups in total. The van der Waals surface area contributed by atoms with Crippen molar-refractivity contribution in [1.82, 2.24) is 15.3 Å². The Balaban J connectivity index is 2.05. The fourth-order valence-corrected chi connectivity index (χ4v) is 1.70. The highest BCUT2D eigenvalue weighted by Gasteiger charge is 2.30. The second-order valence-corrected chi connectivity index (χ2v) is 4.43. The third-order valence-corrected chi connectivity index (χ3v) is 2.70. The van der Waals surface area contributed by atoms with E-state index in [1.54, 1.807) is 6.92 Å². The summed E-state index contributed by atoms with van der Waals surface area (Å²) in [5, 5.41) is 2.51. The number of carbonyl (C=O) groups is 1. The van der Waals surface area contributed by atoms with Crippen LogP contribution in [0.4, 0.5) is 13.2 Å². The van der Waals surface area contributed by atoms with Gasteiger partial charge in [-0.15, -0.1) is 0 Å². The minimum Gasteiger partial charge on any atom is -0.347 e. The first-order valence-electron chi connectivity index (χ1n) is 6.09. The molecule has 110 valence electrons. The van der Waals surface area contributed by atoms with E-state index in [1.165, 1.54) is 24.5 Å². The number of hydrogen-bond donors (Lipinski definition) is 1. The first kappa shape index (κ1) is 15.0. The summed E-state index contributed by atoms with van der Waals surface area (Å²) in [6, 6.07) is 4.80. The zero-order valence-electron chi connectivity index (χ0n) is 11.1. The topological polar surface area (TPSA) is 54.9 Å². The highest BCUT2D eigenvalue weighted by molar-refractivity contribution is 5.91. The van der Waals surface area contributed by atoms with Crippen LogP contribution in [0, 0.1) is 6.92 Å². The summed E-state index contributed by atoms with van der Waals surface area (Å²) in [7, 11) is 0. The van der Waals surface area contributed by atoms with Crippen LogP contribution in [0.25, 0.3) is 0 Å². The molecule has 0 saturated heterocycles. The van der Waals surface area contributed by atoms with Gasteiger partial charge in [-0.1, -0.05) is 12.1 Å². The maximum atomic E-state index is 12.6. The van der Waals surface area contributed by atoms with Crippen LogP contribution in [0.1, 0.15) is 27.3 Å². The zero-order chi connectivity index (χ0) is 15.5. The highest BCUT2D eigenvalue weighted by atomic mass is 19.4. The summed E-state index contributed by atoms with van der Waals surface area (Å²) < 4.78 is 37.7. The highest BCUT2D eigenvalue weighted by Crippen LogP contribution is 2.29. The maximum Gasteiger partial charge on any atom is 0.416 e. The molecule has 4 nitrogen and oxygen atoms in total. The number of carbonyl (C=O) groups excluding carboxylic acids is 1. The summed E-state index contributed by atoms with van der Waals surface area (Å²) in [6.07, 6.45) is -1.60. The van der Waals surface area contributed by atoms with Gasteiger partial charge in [-0.25, -0.2) is 4.98 Å². The minimum absolute atomic E-state index is 0.0155. The lowest BCUT2D eigenvalue weighted by Crippen LogP contribution is -2.24. The molecule has 0 aliphatic carbocycles. The van der Waals surface area contributed by atoms with Crippen LogP contribution in [0.2, 0.25) is 0 Å². The van der Waals surface area contributed by atoms with E-state index in [2.05, 4.69) is 15.3 Å². The van der Waals surface area contributed by atoms with Gasteiger partial charge in [0.2, 0.25) is 0 Å². The van der Waals surface area contributed by atoms with Crippen LogP contribution in [0.5, 0.6) is 0 Å². The molecule has 0 unspecified atom stereocenters. The van der Waals surface area contributed by atoms with Crippen molar-refractivity contribution >= 4 is 5.91 Å². The molecule has 0 aliphatic heterocycles. The molecule has 2 rings (SSSR count). The standard InChI is InChI=1S/C14H12F3N3O/c1-9-6-18-8-12(20-9)13(21)19-7-10-3-2-4-11(5-10)14(15,16)17/h2-6,8H,7H2,1H3,(H,19,21). The second-order valence-electron chi connectivity index (χ2n) is 4.43. The van der Waals surface area contributed by atoms with Crippen molar-refractivity contribution in [1.29, 1.82) is 0 Å². The Morgan fingerprint density at radius 2 is 2.05 bits per heavy atom. The van der Waals surface area contributed by atoms with Gasteiger partial charge >= 0.3 is 6.18 Å².